The Bertz CT molecular complexity index is 839. The monoisotopic (exact) mass is 517 g/mol. The molecule has 2 N–H and O–H groups in total. The van der Waals surface area contributed by atoms with E-state index in [4.69, 9.17) is 0 Å². The van der Waals surface area contributed by atoms with E-state index in [1.165, 1.54) is 0 Å². The molecule has 0 saturated carbocycles. The number of carbonyl (C=O) groups is 2. The summed E-state index contributed by atoms with van der Waals surface area (Å²) < 4.78 is 4.12. The lowest BCUT2D eigenvalue weighted by Gasteiger charge is -2.46. The lowest BCUT2D eigenvalue weighted by Crippen LogP contribution is -2.63. The summed E-state index contributed by atoms with van der Waals surface area (Å²) in [4.78, 5) is 27.5. The first-order valence-electron chi connectivity index (χ1n) is 9.64. The van der Waals surface area contributed by atoms with E-state index in [0.717, 1.165) is 24.4 Å². The van der Waals surface area contributed by atoms with Crippen LogP contribution >= 0.6 is 34.4 Å². The zero-order valence-electron chi connectivity index (χ0n) is 16.2. The van der Waals surface area contributed by atoms with Crippen molar-refractivity contribution in [2.24, 2.45) is 18.9 Å². The Morgan fingerprint density at radius 1 is 1.54 bits per heavy atom. The van der Waals surface area contributed by atoms with Crippen LogP contribution in [0.5, 0.6) is 0 Å². The number of aromatic nitrogens is 2. The summed E-state index contributed by atoms with van der Waals surface area (Å²) in [5, 5.41) is 14.0. The van der Waals surface area contributed by atoms with Crippen LogP contribution in [0.25, 0.3) is 0 Å². The van der Waals surface area contributed by atoms with Gasteiger partial charge in [0, 0.05) is 51.3 Å². The molecule has 4 heterocycles. The molecule has 3 aliphatic rings. The van der Waals surface area contributed by atoms with Crippen LogP contribution in [-0.4, -0.2) is 54.3 Å². The van der Waals surface area contributed by atoms with Gasteiger partial charge in [-0.2, -0.15) is 0 Å². The van der Waals surface area contributed by atoms with Gasteiger partial charge in [-0.1, -0.05) is 6.92 Å². The molecule has 0 bridgehead atoms. The number of aryl methyl sites for hydroxylation is 1. The number of amides is 1. The number of nitrogens with one attached hydrogen (secondary N) is 1. The van der Waals surface area contributed by atoms with Crippen LogP contribution in [-0.2, 0) is 23.2 Å². The molecule has 2 fully saturated rings. The van der Waals surface area contributed by atoms with Gasteiger partial charge < -0.3 is 15.3 Å². The van der Waals surface area contributed by atoms with E-state index in [-0.39, 0.29) is 21.7 Å². The zero-order valence-corrected chi connectivity index (χ0v) is 19.2. The fraction of sp³-hybridized carbons (Fsp3) is 0.632. The summed E-state index contributed by atoms with van der Waals surface area (Å²) in [7, 11) is 2.01. The molecule has 7 nitrogen and oxygen atoms in total. The third kappa shape index (κ3) is 3.44. The Hall–Kier alpha value is -0.910. The number of imidazole rings is 1. The van der Waals surface area contributed by atoms with Gasteiger partial charge in [-0.05, 0) is 13.3 Å². The second kappa shape index (κ2) is 7.73. The van der Waals surface area contributed by atoms with Gasteiger partial charge in [0.1, 0.15) is 24.6 Å². The molecule has 0 radical (unpaired) electrons. The van der Waals surface area contributed by atoms with Crippen molar-refractivity contribution in [1.29, 1.82) is 0 Å². The predicted molar refractivity (Wildman–Crippen MR) is 114 cm³/mol. The van der Waals surface area contributed by atoms with Crippen molar-refractivity contribution in [2.45, 2.75) is 50.3 Å². The van der Waals surface area contributed by atoms with Crippen LogP contribution in [0.3, 0.4) is 0 Å². The minimum atomic E-state index is -0.688. The predicted octanol–water partition coefficient (Wildman–Crippen LogP) is 0.807. The van der Waals surface area contributed by atoms with Gasteiger partial charge in [0.15, 0.2) is 0 Å². The van der Waals surface area contributed by atoms with Crippen LogP contribution in [0.2, 0.25) is 0 Å². The highest BCUT2D eigenvalue weighted by Gasteiger charge is 2.59. The summed E-state index contributed by atoms with van der Waals surface area (Å²) in [6.07, 6.45) is 6.51. The molecule has 0 aromatic carbocycles. The summed E-state index contributed by atoms with van der Waals surface area (Å²) in [6.45, 7) is 5.55. The molecule has 152 valence electrons. The first kappa shape index (κ1) is 20.4. The van der Waals surface area contributed by atoms with E-state index < -0.39 is 12.0 Å². The van der Waals surface area contributed by atoms with Gasteiger partial charge in [-0.3, -0.25) is 9.59 Å². The first-order chi connectivity index (χ1) is 13.3. The zero-order chi connectivity index (χ0) is 20.2. The molecule has 0 aliphatic carbocycles. The third-order valence-corrected chi connectivity index (χ3v) is 8.05. The second-order valence-corrected chi connectivity index (χ2v) is 10.4. The number of carbonyl (C=O) groups excluding carboxylic acids is 2. The Morgan fingerprint density at radius 3 is 2.89 bits per heavy atom. The number of hydrogen-bond acceptors (Lipinski definition) is 5. The van der Waals surface area contributed by atoms with Crippen LogP contribution in [0, 0.1) is 11.8 Å². The Morgan fingerprint density at radius 2 is 2.29 bits per heavy atom. The molecule has 6 atom stereocenters. The number of halogens is 1. The third-order valence-electron chi connectivity index (χ3n) is 6.02. The summed E-state index contributed by atoms with van der Waals surface area (Å²) in [5.74, 6) is -0.438. The number of thioether (sulfide) groups is 1. The van der Waals surface area contributed by atoms with Crippen molar-refractivity contribution in [3.05, 3.63) is 29.3 Å². The summed E-state index contributed by atoms with van der Waals surface area (Å²) >= 11 is 3.53. The largest absolute Gasteiger partial charge is 0.393 e. The number of hydrogen-bond donors (Lipinski definition) is 2. The average Bonchev–Trinajstić information content (AvgIpc) is 3.28. The van der Waals surface area contributed by atoms with Gasteiger partial charge in [0.25, 0.3) is 0 Å². The maximum Gasteiger partial charge on any atom is 0.243 e. The Balaban J connectivity index is 1.46. The van der Waals surface area contributed by atoms with Gasteiger partial charge in [0.2, 0.25) is 16.0 Å². The lowest BCUT2D eigenvalue weighted by molar-refractivity contribution is -0.671. The number of nitrogens with zero attached hydrogens (tertiary/aromatic N) is 3. The van der Waals surface area contributed by atoms with Crippen LogP contribution in [0.15, 0.2) is 29.3 Å². The van der Waals surface area contributed by atoms with Crippen molar-refractivity contribution in [3.8, 4) is 0 Å². The maximum atomic E-state index is 12.5. The molecular formula is C19H26IN4O3S+. The molecule has 0 unspecified atom stereocenters. The number of allylic oxidation sites excluding steroid dienone is 1. The van der Waals surface area contributed by atoms with Crippen molar-refractivity contribution < 1.29 is 19.3 Å². The van der Waals surface area contributed by atoms with E-state index >= 15 is 0 Å². The van der Waals surface area contributed by atoms with Crippen molar-refractivity contribution in [2.75, 3.05) is 6.54 Å². The minimum Gasteiger partial charge on any atom is -0.393 e. The number of rotatable bonds is 6. The van der Waals surface area contributed by atoms with E-state index in [1.54, 1.807) is 46.2 Å². The van der Waals surface area contributed by atoms with E-state index in [9.17, 15) is 14.7 Å². The normalized spacial score (nSPS) is 33.2. The molecule has 3 aliphatic heterocycles. The topological polar surface area (TPSA) is 78.4 Å². The molecule has 2 saturated heterocycles. The van der Waals surface area contributed by atoms with Gasteiger partial charge >= 0.3 is 0 Å². The van der Waals surface area contributed by atoms with Gasteiger partial charge in [-0.15, -0.1) is 11.8 Å². The van der Waals surface area contributed by atoms with Gasteiger partial charge in [-0.25, -0.2) is 9.13 Å². The van der Waals surface area contributed by atoms with Crippen molar-refractivity contribution >= 4 is 44.0 Å². The highest BCUT2D eigenvalue weighted by atomic mass is 127. The number of aliphatic hydroxyl groups is 1. The lowest BCUT2D eigenvalue weighted by atomic mass is 9.79. The highest BCUT2D eigenvalue weighted by Crippen LogP contribution is 2.52. The van der Waals surface area contributed by atoms with E-state index in [0.29, 0.717) is 17.0 Å². The first-order valence-corrected chi connectivity index (χ1v) is 11.6. The van der Waals surface area contributed by atoms with Crippen LogP contribution < -0.4 is 9.88 Å². The van der Waals surface area contributed by atoms with E-state index in [2.05, 4.69) is 29.3 Å². The minimum absolute atomic E-state index is 0.0820. The molecule has 0 spiro atoms. The molecule has 9 heteroatoms. The van der Waals surface area contributed by atoms with Crippen molar-refractivity contribution in [3.63, 3.8) is 0 Å². The Labute approximate surface area is 182 Å². The highest BCUT2D eigenvalue weighted by molar-refractivity contribution is 14.1. The van der Waals surface area contributed by atoms with Gasteiger partial charge in [0.05, 0.1) is 25.1 Å². The average molecular weight is 517 g/mol. The molecule has 4 rings (SSSR count). The molecule has 28 heavy (non-hydrogen) atoms. The quantitative estimate of drug-likeness (QED) is 0.253. The smallest absolute Gasteiger partial charge is 0.243 e. The van der Waals surface area contributed by atoms with Crippen molar-refractivity contribution in [1.82, 2.24) is 14.8 Å². The SMILES string of the molecule is C[C@@H](O)[C@H]1C(=O)N2C(C(=O)I)=C(S[C@@H]3CN[C@H](Cn4cc[n+](C)c4)C3)[C@H](C)[C@H]12. The van der Waals surface area contributed by atoms with Crippen LogP contribution in [0.1, 0.15) is 20.3 Å². The molecule has 1 aromatic heterocycles. The molecular weight excluding hydrogens is 491 g/mol. The number of fused-ring (bicyclic) bond motifs is 1. The van der Waals surface area contributed by atoms with Crippen LogP contribution in [0.4, 0.5) is 0 Å². The number of aliphatic hydroxyl groups excluding tert-OH is 1. The maximum absolute atomic E-state index is 12.5. The standard InChI is InChI=1S/C19H26IN4O3S/c1-10-15-14(11(2)25)19(27)24(15)16(18(20)26)17(10)28-13-6-12(21-7-13)8-23-5-4-22(3)9-23/h4-5,9-15,21,25H,6-8H2,1-3H3/q+1/t10-,11-,12+,13+,14-,15-/m1/s1. The second-order valence-electron chi connectivity index (χ2n) is 8.10. The number of β-lactam (4-membered cyclic amide) rings is 1. The fourth-order valence-corrected chi connectivity index (χ4v) is 6.97. The van der Waals surface area contributed by atoms with E-state index in [1.807, 2.05) is 17.8 Å². The Kier molecular flexibility index (Phi) is 5.62. The fourth-order valence-electron chi connectivity index (χ4n) is 4.72. The molecule has 1 amide bonds. The summed E-state index contributed by atoms with van der Waals surface area (Å²) in [6, 6.07) is 0.304. The summed E-state index contributed by atoms with van der Waals surface area (Å²) in [5.41, 5.74) is 0.547. The molecule has 1 aromatic rings.